The highest BCUT2D eigenvalue weighted by atomic mass is 16.5. The third-order valence-corrected chi connectivity index (χ3v) is 4.98. The zero-order chi connectivity index (χ0) is 22.1. The van der Waals surface area contributed by atoms with E-state index in [0.717, 1.165) is 12.8 Å². The van der Waals surface area contributed by atoms with E-state index in [4.69, 9.17) is 9.47 Å². The lowest BCUT2D eigenvalue weighted by molar-refractivity contribution is -0.122. The normalized spacial score (nSPS) is 12.7. The quantitative estimate of drug-likeness (QED) is 0.442. The third kappa shape index (κ3) is 6.31. The lowest BCUT2D eigenvalue weighted by Crippen LogP contribution is -2.40. The van der Waals surface area contributed by atoms with Crippen LogP contribution in [0.3, 0.4) is 0 Å². The molecular formula is C24H28N2O5. The molecule has 0 unspecified atom stereocenters. The zero-order valence-electron chi connectivity index (χ0n) is 17.8. The van der Waals surface area contributed by atoms with Crippen LogP contribution in [0.4, 0.5) is 5.69 Å². The standard InChI is InChI=1S/C24H28N2O5/c1-2-3-13-25-23(28)10-7-14-26-20-15-18(11-12-22(20)31-17-24(26)29)21(27)16-30-19-8-5-4-6-9-19/h4-6,8-9,11-12,15H,2-3,7,10,13-14,16-17H2,1H3,(H,25,28). The van der Waals surface area contributed by atoms with E-state index in [0.29, 0.717) is 48.7 Å². The number of ketones is 1. The Balaban J connectivity index is 1.61. The molecule has 0 saturated heterocycles. The maximum Gasteiger partial charge on any atom is 0.265 e. The summed E-state index contributed by atoms with van der Waals surface area (Å²) in [6, 6.07) is 14.1. The first-order valence-corrected chi connectivity index (χ1v) is 10.6. The van der Waals surface area contributed by atoms with Gasteiger partial charge >= 0.3 is 0 Å². The van der Waals surface area contributed by atoms with E-state index in [2.05, 4.69) is 12.2 Å². The number of ether oxygens (including phenoxy) is 2. The van der Waals surface area contributed by atoms with Gasteiger partial charge in [-0.2, -0.15) is 0 Å². The van der Waals surface area contributed by atoms with Crippen molar-refractivity contribution in [2.45, 2.75) is 32.6 Å². The Bertz CT molecular complexity index is 913. The molecule has 2 aromatic rings. The molecule has 164 valence electrons. The molecule has 0 atom stereocenters. The minimum atomic E-state index is -0.195. The zero-order valence-corrected chi connectivity index (χ0v) is 17.8. The second kappa shape index (κ2) is 11.2. The van der Waals surface area contributed by atoms with Crippen molar-refractivity contribution in [3.8, 4) is 11.5 Å². The van der Waals surface area contributed by atoms with Crippen LogP contribution in [0.5, 0.6) is 11.5 Å². The molecule has 2 aromatic carbocycles. The van der Waals surface area contributed by atoms with Crippen LogP contribution in [0.2, 0.25) is 0 Å². The first-order chi connectivity index (χ1) is 15.1. The van der Waals surface area contributed by atoms with Gasteiger partial charge in [0.1, 0.15) is 11.5 Å². The van der Waals surface area contributed by atoms with Crippen molar-refractivity contribution < 1.29 is 23.9 Å². The third-order valence-electron chi connectivity index (χ3n) is 4.98. The van der Waals surface area contributed by atoms with Gasteiger partial charge < -0.3 is 19.7 Å². The number of nitrogens with one attached hydrogen (secondary N) is 1. The number of nitrogens with zero attached hydrogens (tertiary/aromatic N) is 1. The summed E-state index contributed by atoms with van der Waals surface area (Å²) in [5.74, 6) is 0.763. The first-order valence-electron chi connectivity index (χ1n) is 10.6. The van der Waals surface area contributed by atoms with Crippen LogP contribution in [-0.4, -0.2) is 43.9 Å². The highest BCUT2D eigenvalue weighted by molar-refractivity contribution is 6.02. The van der Waals surface area contributed by atoms with Crippen molar-refractivity contribution in [3.63, 3.8) is 0 Å². The topological polar surface area (TPSA) is 84.9 Å². The van der Waals surface area contributed by atoms with Crippen molar-refractivity contribution in [1.29, 1.82) is 0 Å². The van der Waals surface area contributed by atoms with Gasteiger partial charge in [-0.15, -0.1) is 0 Å². The van der Waals surface area contributed by atoms with E-state index in [-0.39, 0.29) is 30.8 Å². The van der Waals surface area contributed by atoms with E-state index >= 15 is 0 Å². The molecule has 1 heterocycles. The number of Topliss-reactive ketones (excluding diaryl/α,β-unsaturated/α-hetero) is 1. The Kier molecular flexibility index (Phi) is 8.04. The first kappa shape index (κ1) is 22.3. The van der Waals surface area contributed by atoms with Gasteiger partial charge in [0.25, 0.3) is 5.91 Å². The maximum absolute atomic E-state index is 12.6. The van der Waals surface area contributed by atoms with Crippen molar-refractivity contribution in [2.75, 3.05) is 31.2 Å². The SMILES string of the molecule is CCCCNC(=O)CCCN1C(=O)COc2ccc(C(=O)COc3ccccc3)cc21. The number of anilines is 1. The van der Waals surface area contributed by atoms with E-state index in [1.807, 2.05) is 18.2 Å². The molecule has 0 radical (unpaired) electrons. The molecule has 0 aromatic heterocycles. The Hall–Kier alpha value is -3.35. The second-order valence-electron chi connectivity index (χ2n) is 7.35. The summed E-state index contributed by atoms with van der Waals surface area (Å²) >= 11 is 0. The van der Waals surface area contributed by atoms with Crippen LogP contribution in [0.1, 0.15) is 43.0 Å². The molecule has 7 heteroatoms. The van der Waals surface area contributed by atoms with Crippen LogP contribution in [0.15, 0.2) is 48.5 Å². The lowest BCUT2D eigenvalue weighted by Gasteiger charge is -2.29. The summed E-state index contributed by atoms with van der Waals surface area (Å²) in [5.41, 5.74) is 0.989. The predicted molar refractivity (Wildman–Crippen MR) is 118 cm³/mol. The minimum absolute atomic E-state index is 0.0172. The second-order valence-corrected chi connectivity index (χ2v) is 7.35. The number of carbonyl (C=O) groups excluding carboxylic acids is 3. The van der Waals surface area contributed by atoms with Crippen molar-refractivity contribution >= 4 is 23.3 Å². The Labute approximate surface area is 182 Å². The predicted octanol–water partition coefficient (Wildman–Crippen LogP) is 3.37. The molecular weight excluding hydrogens is 396 g/mol. The lowest BCUT2D eigenvalue weighted by atomic mass is 10.1. The van der Waals surface area contributed by atoms with Crippen molar-refractivity contribution in [3.05, 3.63) is 54.1 Å². The number of rotatable bonds is 11. The summed E-state index contributed by atoms with van der Waals surface area (Å²) < 4.78 is 11.0. The van der Waals surface area contributed by atoms with Gasteiger partial charge in [-0.1, -0.05) is 31.5 Å². The number of benzene rings is 2. The number of hydrogen-bond acceptors (Lipinski definition) is 5. The molecule has 1 aliphatic heterocycles. The fraction of sp³-hybridized carbons (Fsp3) is 0.375. The van der Waals surface area contributed by atoms with Crippen LogP contribution in [0, 0.1) is 0 Å². The summed E-state index contributed by atoms with van der Waals surface area (Å²) in [7, 11) is 0. The van der Waals surface area contributed by atoms with Crippen molar-refractivity contribution in [1.82, 2.24) is 5.32 Å². The molecule has 0 aliphatic carbocycles. The van der Waals surface area contributed by atoms with Gasteiger partial charge in [-0.05, 0) is 43.2 Å². The number of unbranched alkanes of at least 4 members (excludes halogenated alkanes) is 1. The van der Waals surface area contributed by atoms with Crippen LogP contribution in [-0.2, 0) is 9.59 Å². The van der Waals surface area contributed by atoms with Gasteiger partial charge in [0.05, 0.1) is 5.69 Å². The van der Waals surface area contributed by atoms with E-state index < -0.39 is 0 Å². The Morgan fingerprint density at radius 3 is 2.71 bits per heavy atom. The van der Waals surface area contributed by atoms with Gasteiger partial charge in [0.15, 0.2) is 19.0 Å². The van der Waals surface area contributed by atoms with Crippen LogP contribution in [0.25, 0.3) is 0 Å². The molecule has 0 spiro atoms. The molecule has 0 saturated carbocycles. The molecule has 1 aliphatic rings. The van der Waals surface area contributed by atoms with Gasteiger partial charge in [-0.3, -0.25) is 14.4 Å². The molecule has 31 heavy (non-hydrogen) atoms. The fourth-order valence-corrected chi connectivity index (χ4v) is 3.26. The van der Waals surface area contributed by atoms with E-state index in [1.54, 1.807) is 35.2 Å². The van der Waals surface area contributed by atoms with Crippen LogP contribution >= 0.6 is 0 Å². The molecule has 1 N–H and O–H groups in total. The van der Waals surface area contributed by atoms with E-state index in [9.17, 15) is 14.4 Å². The molecule has 0 fully saturated rings. The highest BCUT2D eigenvalue weighted by Crippen LogP contribution is 2.33. The minimum Gasteiger partial charge on any atom is -0.485 e. The highest BCUT2D eigenvalue weighted by Gasteiger charge is 2.26. The number of para-hydroxylation sites is 1. The summed E-state index contributed by atoms with van der Waals surface area (Å²) in [6.07, 6.45) is 2.84. The average molecular weight is 424 g/mol. The smallest absolute Gasteiger partial charge is 0.265 e. The summed E-state index contributed by atoms with van der Waals surface area (Å²) in [5, 5.41) is 2.88. The number of carbonyl (C=O) groups is 3. The van der Waals surface area contributed by atoms with Gasteiger partial charge in [0, 0.05) is 25.1 Å². The van der Waals surface area contributed by atoms with Gasteiger partial charge in [0.2, 0.25) is 5.91 Å². The number of fused-ring (bicyclic) bond motifs is 1. The Morgan fingerprint density at radius 1 is 1.13 bits per heavy atom. The Morgan fingerprint density at radius 2 is 1.94 bits per heavy atom. The van der Waals surface area contributed by atoms with Crippen molar-refractivity contribution in [2.24, 2.45) is 0 Å². The largest absolute Gasteiger partial charge is 0.485 e. The fourth-order valence-electron chi connectivity index (χ4n) is 3.26. The number of hydrogen-bond donors (Lipinski definition) is 1. The van der Waals surface area contributed by atoms with E-state index in [1.165, 1.54) is 0 Å². The summed E-state index contributed by atoms with van der Waals surface area (Å²) in [6.45, 7) is 2.97. The summed E-state index contributed by atoms with van der Waals surface area (Å²) in [4.78, 5) is 38.5. The average Bonchev–Trinajstić information content (AvgIpc) is 2.79. The monoisotopic (exact) mass is 424 g/mol. The van der Waals surface area contributed by atoms with Crippen LogP contribution < -0.4 is 19.7 Å². The van der Waals surface area contributed by atoms with Gasteiger partial charge in [-0.25, -0.2) is 0 Å². The molecule has 3 rings (SSSR count). The number of amides is 2. The molecule has 0 bridgehead atoms. The molecule has 2 amide bonds. The molecule has 7 nitrogen and oxygen atoms in total. The maximum atomic E-state index is 12.6.